The average molecular weight is 622 g/mol. The Kier molecular flexibility index (Phi) is 7.55. The Morgan fingerprint density at radius 3 is 2.44 bits per heavy atom. The van der Waals surface area contributed by atoms with E-state index in [1.54, 1.807) is 47.8 Å². The number of anilines is 2. The van der Waals surface area contributed by atoms with E-state index in [0.29, 0.717) is 26.6 Å². The predicted octanol–water partition coefficient (Wildman–Crippen LogP) is 9.88. The summed E-state index contributed by atoms with van der Waals surface area (Å²) in [4.78, 5) is 33.4. The number of carbonyl (C=O) groups excluding carboxylic acids is 2. The molecule has 7 aromatic rings. The molecular weight excluding hydrogens is 595 g/mol. The monoisotopic (exact) mass is 621 g/mol. The van der Waals surface area contributed by atoms with E-state index in [0.717, 1.165) is 49.0 Å². The summed E-state index contributed by atoms with van der Waals surface area (Å²) < 4.78 is 0. The number of amides is 1. The number of aryl methyl sites for hydroxylation is 1. The van der Waals surface area contributed by atoms with Gasteiger partial charge in [-0.3, -0.25) is 9.59 Å². The Labute approximate surface area is 268 Å². The molecule has 0 aliphatic heterocycles. The number of allylic oxidation sites excluding steroid dienone is 1. The Hall–Kier alpha value is -5.37. The van der Waals surface area contributed by atoms with Gasteiger partial charge < -0.3 is 11.1 Å². The zero-order valence-electron chi connectivity index (χ0n) is 24.3. The summed E-state index contributed by atoms with van der Waals surface area (Å²) in [5, 5.41) is 7.92. The van der Waals surface area contributed by atoms with E-state index in [1.807, 2.05) is 41.8 Å². The molecule has 0 spiro atoms. The fourth-order valence-corrected chi connectivity index (χ4v) is 7.10. The third-order valence-corrected chi connectivity index (χ3v) is 9.61. The third-order valence-electron chi connectivity index (χ3n) is 7.67. The Bertz CT molecular complexity index is 2240. The van der Waals surface area contributed by atoms with Crippen LogP contribution in [0.4, 0.5) is 11.4 Å². The molecule has 0 unspecified atom stereocenters. The second-order valence-corrected chi connectivity index (χ2v) is 12.7. The van der Waals surface area contributed by atoms with Crippen LogP contribution in [0.15, 0.2) is 121 Å². The molecule has 0 atom stereocenters. The normalized spacial score (nSPS) is 11.4. The molecule has 0 fully saturated rings. The molecule has 0 saturated carbocycles. The lowest BCUT2D eigenvalue weighted by molar-refractivity contribution is 0.102. The van der Waals surface area contributed by atoms with Crippen molar-refractivity contribution in [1.82, 2.24) is 4.98 Å². The van der Waals surface area contributed by atoms with Gasteiger partial charge >= 0.3 is 0 Å². The van der Waals surface area contributed by atoms with Crippen LogP contribution in [-0.4, -0.2) is 16.7 Å². The lowest BCUT2D eigenvalue weighted by Crippen LogP contribution is -2.12. The first-order valence-corrected chi connectivity index (χ1v) is 16.1. The van der Waals surface area contributed by atoms with Crippen molar-refractivity contribution in [3.63, 3.8) is 0 Å². The summed E-state index contributed by atoms with van der Waals surface area (Å²) in [5.41, 5.74) is 13.1. The molecule has 7 rings (SSSR count). The van der Waals surface area contributed by atoms with Crippen LogP contribution in [0.2, 0.25) is 0 Å². The minimum Gasteiger partial charge on any atom is -0.397 e. The minimum atomic E-state index is -0.325. The standard InChI is InChI=1S/C38H27N3O2S2/c1-23-7-4-10-26(21-23)31-22-32(30-13-5-9-24-8-2-3-12-29(24)30)41-38-34(31)35(39)36(45-38)37(43)40-27-16-14-25(15-17-27)33(42)19-18-28-11-6-20-44-28/h2-22H,39H2,1H3,(H,40,43). The van der Waals surface area contributed by atoms with Gasteiger partial charge in [-0.2, -0.15) is 0 Å². The van der Waals surface area contributed by atoms with Crippen molar-refractivity contribution in [2.45, 2.75) is 6.92 Å². The molecule has 0 radical (unpaired) electrons. The molecule has 0 aliphatic rings. The van der Waals surface area contributed by atoms with Gasteiger partial charge in [0.2, 0.25) is 0 Å². The third kappa shape index (κ3) is 5.67. The number of nitrogen functional groups attached to an aromatic ring is 1. The van der Waals surface area contributed by atoms with Crippen LogP contribution < -0.4 is 11.1 Å². The van der Waals surface area contributed by atoms with Gasteiger partial charge in [0.05, 0.1) is 11.4 Å². The van der Waals surface area contributed by atoms with Crippen LogP contribution in [0.5, 0.6) is 0 Å². The van der Waals surface area contributed by atoms with Crippen LogP contribution in [0.25, 0.3) is 49.4 Å². The highest BCUT2D eigenvalue weighted by Crippen LogP contribution is 2.42. The van der Waals surface area contributed by atoms with Crippen LogP contribution >= 0.6 is 22.7 Å². The molecule has 1 amide bonds. The molecule has 0 aliphatic carbocycles. The SMILES string of the molecule is Cc1cccc(-c2cc(-c3cccc4ccccc34)nc3sc(C(=O)Nc4ccc(C(=O)C=Cc5cccs5)cc4)c(N)c23)c1. The van der Waals surface area contributed by atoms with Gasteiger partial charge in [-0.1, -0.05) is 78.4 Å². The molecule has 3 aromatic heterocycles. The van der Waals surface area contributed by atoms with E-state index in [2.05, 4.69) is 60.8 Å². The first-order chi connectivity index (χ1) is 21.9. The van der Waals surface area contributed by atoms with Gasteiger partial charge in [-0.05, 0) is 82.8 Å². The van der Waals surface area contributed by atoms with Crippen molar-refractivity contribution in [1.29, 1.82) is 0 Å². The number of thiophene rings is 2. The summed E-state index contributed by atoms with van der Waals surface area (Å²) in [6.07, 6.45) is 3.36. The maximum Gasteiger partial charge on any atom is 0.267 e. The first kappa shape index (κ1) is 28.4. The summed E-state index contributed by atoms with van der Waals surface area (Å²) in [6, 6.07) is 35.6. The van der Waals surface area contributed by atoms with E-state index in [1.165, 1.54) is 11.3 Å². The molecular formula is C38H27N3O2S2. The average Bonchev–Trinajstić information content (AvgIpc) is 3.71. The van der Waals surface area contributed by atoms with E-state index in [4.69, 9.17) is 10.7 Å². The summed E-state index contributed by atoms with van der Waals surface area (Å²) in [6.45, 7) is 2.06. The van der Waals surface area contributed by atoms with Gasteiger partial charge in [-0.15, -0.1) is 22.7 Å². The number of nitrogens with one attached hydrogen (secondary N) is 1. The zero-order chi connectivity index (χ0) is 30.9. The number of ketones is 1. The predicted molar refractivity (Wildman–Crippen MR) is 189 cm³/mol. The number of pyridine rings is 1. The minimum absolute atomic E-state index is 0.105. The van der Waals surface area contributed by atoms with E-state index < -0.39 is 0 Å². The van der Waals surface area contributed by atoms with E-state index >= 15 is 0 Å². The quantitative estimate of drug-likeness (QED) is 0.137. The van der Waals surface area contributed by atoms with Gasteiger partial charge in [0.25, 0.3) is 5.91 Å². The Morgan fingerprint density at radius 2 is 1.64 bits per heavy atom. The maximum atomic E-state index is 13.6. The number of nitrogens with zero attached hydrogens (tertiary/aromatic N) is 1. The van der Waals surface area contributed by atoms with E-state index in [-0.39, 0.29) is 11.7 Å². The molecule has 0 saturated heterocycles. The first-order valence-electron chi connectivity index (χ1n) is 14.4. The Morgan fingerprint density at radius 1 is 0.844 bits per heavy atom. The molecule has 45 heavy (non-hydrogen) atoms. The summed E-state index contributed by atoms with van der Waals surface area (Å²) in [7, 11) is 0. The highest BCUT2D eigenvalue weighted by Gasteiger charge is 2.22. The molecule has 7 heteroatoms. The number of benzene rings is 4. The van der Waals surface area contributed by atoms with Crippen LogP contribution in [0.3, 0.4) is 0 Å². The second-order valence-electron chi connectivity index (χ2n) is 10.7. The molecule has 0 bridgehead atoms. The zero-order valence-corrected chi connectivity index (χ0v) is 25.9. The fourth-order valence-electron chi connectivity index (χ4n) is 5.46. The maximum absolute atomic E-state index is 13.6. The van der Waals surface area contributed by atoms with Crippen molar-refractivity contribution >= 4 is 72.8 Å². The summed E-state index contributed by atoms with van der Waals surface area (Å²) in [5.74, 6) is -0.430. The molecule has 5 nitrogen and oxygen atoms in total. The second kappa shape index (κ2) is 12.0. The van der Waals surface area contributed by atoms with Crippen molar-refractivity contribution in [2.24, 2.45) is 0 Å². The summed E-state index contributed by atoms with van der Waals surface area (Å²) >= 11 is 2.85. The highest BCUT2D eigenvalue weighted by molar-refractivity contribution is 7.21. The lowest BCUT2D eigenvalue weighted by atomic mass is 9.96. The Balaban J connectivity index is 1.25. The lowest BCUT2D eigenvalue weighted by Gasteiger charge is -2.11. The number of carbonyl (C=O) groups is 2. The molecule has 218 valence electrons. The largest absolute Gasteiger partial charge is 0.397 e. The number of nitrogens with two attached hydrogens (primary N) is 1. The number of aromatic nitrogens is 1. The fraction of sp³-hybridized carbons (Fsp3) is 0.0263. The molecule has 3 heterocycles. The number of rotatable bonds is 7. The van der Waals surface area contributed by atoms with Crippen molar-refractivity contribution in [2.75, 3.05) is 11.1 Å². The van der Waals surface area contributed by atoms with Crippen LogP contribution in [0, 0.1) is 6.92 Å². The van der Waals surface area contributed by atoms with Gasteiger partial charge in [-0.25, -0.2) is 4.98 Å². The van der Waals surface area contributed by atoms with Crippen molar-refractivity contribution in [3.8, 4) is 22.4 Å². The van der Waals surface area contributed by atoms with Gasteiger partial charge in [0.15, 0.2) is 5.78 Å². The smallest absolute Gasteiger partial charge is 0.267 e. The topological polar surface area (TPSA) is 85.1 Å². The number of fused-ring (bicyclic) bond motifs is 2. The van der Waals surface area contributed by atoms with Gasteiger partial charge in [0.1, 0.15) is 9.71 Å². The van der Waals surface area contributed by atoms with Gasteiger partial charge in [0, 0.05) is 27.1 Å². The van der Waals surface area contributed by atoms with E-state index in [9.17, 15) is 9.59 Å². The molecule has 3 N–H and O–H groups in total. The number of hydrogen-bond donors (Lipinski definition) is 2. The van der Waals surface area contributed by atoms with Crippen LogP contribution in [0.1, 0.15) is 30.5 Å². The number of hydrogen-bond acceptors (Lipinski definition) is 6. The highest BCUT2D eigenvalue weighted by atomic mass is 32.1. The van der Waals surface area contributed by atoms with Crippen molar-refractivity contribution < 1.29 is 9.59 Å². The van der Waals surface area contributed by atoms with Crippen LogP contribution in [-0.2, 0) is 0 Å². The van der Waals surface area contributed by atoms with Crippen molar-refractivity contribution in [3.05, 3.63) is 142 Å². The molecule has 4 aromatic carbocycles.